The van der Waals surface area contributed by atoms with Crippen LogP contribution >= 0.6 is 0 Å². The number of rotatable bonds is 8. The van der Waals surface area contributed by atoms with Crippen LogP contribution in [0.3, 0.4) is 0 Å². The van der Waals surface area contributed by atoms with Crippen LogP contribution < -0.4 is 0 Å². The van der Waals surface area contributed by atoms with Gasteiger partial charge in [0.05, 0.1) is 31.8 Å². The fraction of sp³-hybridized carbons (Fsp3) is 0.662. The van der Waals surface area contributed by atoms with E-state index in [1.165, 1.54) is 22.3 Å². The maximum Gasteiger partial charge on any atom is 0.204 e. The van der Waals surface area contributed by atoms with Crippen molar-refractivity contribution in [3.05, 3.63) is 140 Å². The van der Waals surface area contributed by atoms with Crippen molar-refractivity contribution < 1.29 is 29.2 Å². The maximum absolute atomic E-state index is 12.5. The van der Waals surface area contributed by atoms with Crippen LogP contribution in [0.15, 0.2) is 72.8 Å². The van der Waals surface area contributed by atoms with Crippen molar-refractivity contribution in [2.45, 2.75) is 261 Å². The van der Waals surface area contributed by atoms with Crippen LogP contribution in [0.2, 0.25) is 0 Å². The molecule has 0 bridgehead atoms. The average Bonchev–Trinajstić information content (AvgIpc) is 3.28. The maximum atomic E-state index is 12.5. The summed E-state index contributed by atoms with van der Waals surface area (Å²) in [6, 6.07) is 28.2. The van der Waals surface area contributed by atoms with Crippen molar-refractivity contribution >= 4 is 0 Å². The summed E-state index contributed by atoms with van der Waals surface area (Å²) in [4.78, 5) is 0. The first-order valence-corrected chi connectivity index (χ1v) is 29.0. The summed E-state index contributed by atoms with van der Waals surface area (Å²) in [6.07, 6.45) is -1.54. The molecule has 2 aliphatic heterocycles. The fourth-order valence-electron chi connectivity index (χ4n) is 12.0. The molecule has 1 spiro atoms. The van der Waals surface area contributed by atoms with Crippen LogP contribution in [0.4, 0.5) is 0 Å². The van der Waals surface area contributed by atoms with E-state index < -0.39 is 56.3 Å². The van der Waals surface area contributed by atoms with Gasteiger partial charge >= 0.3 is 0 Å². The second-order valence-corrected chi connectivity index (χ2v) is 33.3. The number of aliphatic hydroxyl groups excluding tert-OH is 2. The minimum atomic E-state index is -1.66. The Hall–Kier alpha value is -3.36. The number of hydrogen-bond acceptors (Lipinski definition) is 6. The molecule has 2 atom stereocenters. The molecule has 0 aliphatic carbocycles. The largest absolute Gasteiger partial charge is 0.396 e. The van der Waals surface area contributed by atoms with E-state index in [9.17, 15) is 10.2 Å². The van der Waals surface area contributed by atoms with Gasteiger partial charge in [-0.15, -0.1) is 0 Å². The highest BCUT2D eigenvalue weighted by Gasteiger charge is 2.73. The molecule has 77 heavy (non-hydrogen) atoms. The van der Waals surface area contributed by atoms with Crippen molar-refractivity contribution in [1.29, 1.82) is 0 Å². The Morgan fingerprint density at radius 1 is 0.403 bits per heavy atom. The highest BCUT2D eigenvalue weighted by Crippen LogP contribution is 2.70. The molecule has 6 rings (SSSR count). The van der Waals surface area contributed by atoms with Gasteiger partial charge in [-0.1, -0.05) is 267 Å². The van der Waals surface area contributed by atoms with Crippen LogP contribution in [-0.2, 0) is 73.7 Å². The summed E-state index contributed by atoms with van der Waals surface area (Å²) in [6.45, 7) is 63.3. The van der Waals surface area contributed by atoms with Gasteiger partial charge in [-0.2, -0.15) is 0 Å². The Balaban J connectivity index is 2.10. The molecule has 6 nitrogen and oxygen atoms in total. The monoisotopic (exact) mass is 1060 g/mol. The molecule has 0 radical (unpaired) electrons. The third-order valence-electron chi connectivity index (χ3n) is 17.3. The van der Waals surface area contributed by atoms with Gasteiger partial charge in [-0.3, -0.25) is 0 Å². The lowest BCUT2D eigenvalue weighted by Gasteiger charge is -2.67. The van der Waals surface area contributed by atoms with Crippen molar-refractivity contribution in [3.63, 3.8) is 0 Å². The molecule has 0 amide bonds. The Labute approximate surface area is 470 Å². The molecule has 6 heteroatoms. The van der Waals surface area contributed by atoms with Gasteiger partial charge in [-0.25, -0.2) is 0 Å². The van der Waals surface area contributed by atoms with E-state index in [1.54, 1.807) is 0 Å². The first-order chi connectivity index (χ1) is 34.6. The highest BCUT2D eigenvalue weighted by atomic mass is 16.7. The minimum absolute atomic E-state index is 0.131. The van der Waals surface area contributed by atoms with Crippen LogP contribution in [0.25, 0.3) is 0 Å². The Kier molecular flexibility index (Phi) is 16.3. The molecule has 2 fully saturated rings. The number of hydrogen-bond donors (Lipinski definition) is 2. The lowest BCUT2D eigenvalue weighted by Crippen LogP contribution is -2.71. The SMILES string of the molecule is CC(C)(C)c1ccc(C2OC(c3ccc(C(C)(C)C)cc3C(C)(C)C)(C(C)(C)CO)OC(c3ccc(C(C)(C)C)cc3C(C)(C)C)(c3ccc(C(C)(C)C)cc3C(C)(C)C)C23COC(C(C)(C)CO)OC3)c(C(C)(C)C)c1. The van der Waals surface area contributed by atoms with Gasteiger partial charge in [0.15, 0.2) is 6.29 Å². The third kappa shape index (κ3) is 11.5. The first-order valence-electron chi connectivity index (χ1n) is 29.0. The minimum Gasteiger partial charge on any atom is -0.396 e. The quantitative estimate of drug-likeness (QED) is 0.183. The van der Waals surface area contributed by atoms with Gasteiger partial charge in [0.1, 0.15) is 11.7 Å². The van der Waals surface area contributed by atoms with Crippen molar-refractivity contribution in [2.24, 2.45) is 16.2 Å². The molecule has 0 aromatic heterocycles. The summed E-state index contributed by atoms with van der Waals surface area (Å²) in [5.74, 6) is -1.66. The van der Waals surface area contributed by atoms with Crippen molar-refractivity contribution in [3.8, 4) is 0 Å². The lowest BCUT2D eigenvalue weighted by molar-refractivity contribution is -0.463. The molecular weight excluding hydrogens is 949 g/mol. The summed E-state index contributed by atoms with van der Waals surface area (Å²) >= 11 is 0. The lowest BCUT2D eigenvalue weighted by atomic mass is 9.54. The molecule has 4 aromatic carbocycles. The number of benzene rings is 4. The second kappa shape index (κ2) is 20.0. The zero-order chi connectivity index (χ0) is 58.7. The average molecular weight is 1060 g/mol. The first kappa shape index (κ1) is 62.8. The van der Waals surface area contributed by atoms with E-state index in [4.69, 9.17) is 18.9 Å². The second-order valence-electron chi connectivity index (χ2n) is 33.3. The van der Waals surface area contributed by atoms with E-state index in [2.05, 4.69) is 253 Å². The van der Waals surface area contributed by atoms with E-state index in [1.807, 2.05) is 13.8 Å². The molecular formula is C71H108O6. The van der Waals surface area contributed by atoms with Crippen LogP contribution in [-0.4, -0.2) is 42.9 Å². The Morgan fingerprint density at radius 3 is 1.05 bits per heavy atom. The van der Waals surface area contributed by atoms with Gasteiger partial charge in [0.2, 0.25) is 5.79 Å². The van der Waals surface area contributed by atoms with Gasteiger partial charge in [0.25, 0.3) is 0 Å². The van der Waals surface area contributed by atoms with Gasteiger partial charge in [0, 0.05) is 16.4 Å². The van der Waals surface area contributed by atoms with Crippen molar-refractivity contribution in [1.82, 2.24) is 0 Å². The van der Waals surface area contributed by atoms with E-state index in [0.29, 0.717) is 0 Å². The molecule has 428 valence electrons. The summed E-state index contributed by atoms with van der Waals surface area (Å²) in [5.41, 5.74) is 6.58. The van der Waals surface area contributed by atoms with Crippen LogP contribution in [0, 0.1) is 16.2 Å². The van der Waals surface area contributed by atoms with Crippen LogP contribution in [0.1, 0.15) is 267 Å². The highest BCUT2D eigenvalue weighted by molar-refractivity contribution is 5.57. The fourth-order valence-corrected chi connectivity index (χ4v) is 12.0. The Bertz CT molecular complexity index is 2680. The van der Waals surface area contributed by atoms with E-state index >= 15 is 0 Å². The molecule has 2 N–H and O–H groups in total. The molecule has 2 heterocycles. The molecule has 2 unspecified atom stereocenters. The van der Waals surface area contributed by atoms with Crippen LogP contribution in [0.5, 0.6) is 0 Å². The Morgan fingerprint density at radius 2 is 0.727 bits per heavy atom. The zero-order valence-corrected chi connectivity index (χ0v) is 53.9. The molecule has 2 aliphatic rings. The standard InChI is InChI=1S/C71H108O6/c1-59(2,3)45-29-33-49(53(37-45)63(13,14)15)57-69(43-74-58(75-44-69)67(25,26)41-72)70(50-34-30-46(60(4,5)6)38-54(50)64(16,17)18,51-35-31-47(61(7,8)9)39-55(51)65(19,20)21)77-71(76-57,68(27,28)42-73)52-36-32-48(62(10,11)12)40-56(52)66(22,23)24/h29-40,57-58,72-73H,41-44H2,1-28H3. The topological polar surface area (TPSA) is 77.4 Å². The molecule has 4 aromatic rings. The predicted octanol–water partition coefficient (Wildman–Crippen LogP) is 17.3. The predicted molar refractivity (Wildman–Crippen MR) is 323 cm³/mol. The summed E-state index contributed by atoms with van der Waals surface area (Å²) in [5, 5.41) is 23.5. The third-order valence-corrected chi connectivity index (χ3v) is 17.3. The molecule has 2 saturated heterocycles. The molecule has 0 saturated carbocycles. The van der Waals surface area contributed by atoms with Gasteiger partial charge < -0.3 is 29.2 Å². The summed E-state index contributed by atoms with van der Waals surface area (Å²) < 4.78 is 32.5. The zero-order valence-electron chi connectivity index (χ0n) is 53.9. The smallest absolute Gasteiger partial charge is 0.204 e. The number of ether oxygens (including phenoxy) is 4. The van der Waals surface area contributed by atoms with E-state index in [0.717, 1.165) is 44.5 Å². The van der Waals surface area contributed by atoms with Gasteiger partial charge in [-0.05, 0) is 105 Å². The summed E-state index contributed by atoms with van der Waals surface area (Å²) in [7, 11) is 0. The van der Waals surface area contributed by atoms with E-state index in [-0.39, 0.29) is 53.5 Å². The number of aliphatic hydroxyl groups is 2. The van der Waals surface area contributed by atoms with Crippen molar-refractivity contribution in [2.75, 3.05) is 26.4 Å². The normalized spacial score (nSPS) is 22.7.